The number of carbonyl (C=O) groups excluding carboxylic acids is 2. The predicted molar refractivity (Wildman–Crippen MR) is 90.0 cm³/mol. The number of primary amides is 1. The summed E-state index contributed by atoms with van der Waals surface area (Å²) in [5.41, 5.74) is 5.74. The number of nitrogens with one attached hydrogen (secondary N) is 1. The van der Waals surface area contributed by atoms with Crippen molar-refractivity contribution < 1.29 is 23.5 Å². The number of hydrogen-bond acceptors (Lipinski definition) is 4. The van der Waals surface area contributed by atoms with Crippen LogP contribution in [0.3, 0.4) is 0 Å². The summed E-state index contributed by atoms with van der Waals surface area (Å²) >= 11 is 0. The summed E-state index contributed by atoms with van der Waals surface area (Å²) in [5, 5.41) is 2.72. The van der Waals surface area contributed by atoms with E-state index in [2.05, 4.69) is 5.32 Å². The lowest BCUT2D eigenvalue weighted by molar-refractivity contribution is -0.119. The van der Waals surface area contributed by atoms with Crippen LogP contribution < -0.4 is 20.5 Å². The van der Waals surface area contributed by atoms with Gasteiger partial charge < -0.3 is 20.5 Å². The standard InChI is InChI=1S/C18H19FN2O4/c1-11(13-5-3-4-6-14(13)19)21-18(23)12-7-8-15(16(9-12)24-2)25-10-17(20)22/h3-9,11H,10H2,1-2H3,(H2,20,22)(H,21,23)/t11-/m1/s1. The zero-order chi connectivity index (χ0) is 18.4. The van der Waals surface area contributed by atoms with Crippen LogP contribution in [-0.4, -0.2) is 25.5 Å². The summed E-state index contributed by atoms with van der Waals surface area (Å²) in [5.74, 6) is -0.825. The van der Waals surface area contributed by atoms with Gasteiger partial charge in [-0.3, -0.25) is 9.59 Å². The Kier molecular flexibility index (Phi) is 5.94. The van der Waals surface area contributed by atoms with E-state index in [1.165, 1.54) is 31.4 Å². The first-order valence-corrected chi connectivity index (χ1v) is 7.56. The molecule has 3 N–H and O–H groups in total. The van der Waals surface area contributed by atoms with Crippen LogP contribution in [0, 0.1) is 5.82 Å². The maximum atomic E-state index is 13.8. The molecule has 0 aromatic heterocycles. The molecule has 2 aromatic rings. The van der Waals surface area contributed by atoms with Crippen molar-refractivity contribution >= 4 is 11.8 Å². The minimum atomic E-state index is -0.623. The molecular weight excluding hydrogens is 327 g/mol. The monoisotopic (exact) mass is 346 g/mol. The quantitative estimate of drug-likeness (QED) is 0.804. The number of hydrogen-bond donors (Lipinski definition) is 2. The molecule has 0 bridgehead atoms. The summed E-state index contributed by atoms with van der Waals surface area (Å²) in [7, 11) is 1.41. The zero-order valence-electron chi connectivity index (χ0n) is 13.9. The Morgan fingerprint density at radius 2 is 1.92 bits per heavy atom. The van der Waals surface area contributed by atoms with Gasteiger partial charge in [0.05, 0.1) is 13.2 Å². The van der Waals surface area contributed by atoms with E-state index in [9.17, 15) is 14.0 Å². The maximum Gasteiger partial charge on any atom is 0.255 e. The molecule has 0 spiro atoms. The molecule has 7 heteroatoms. The number of halogens is 1. The molecule has 1 atom stereocenters. The third kappa shape index (κ3) is 4.69. The van der Waals surface area contributed by atoms with Gasteiger partial charge in [-0.05, 0) is 31.2 Å². The van der Waals surface area contributed by atoms with E-state index >= 15 is 0 Å². The van der Waals surface area contributed by atoms with Crippen LogP contribution in [0.15, 0.2) is 42.5 Å². The Morgan fingerprint density at radius 3 is 2.56 bits per heavy atom. The Balaban J connectivity index is 2.13. The van der Waals surface area contributed by atoms with Gasteiger partial charge in [0.25, 0.3) is 11.8 Å². The average molecular weight is 346 g/mol. The van der Waals surface area contributed by atoms with Gasteiger partial charge in [0.2, 0.25) is 0 Å². The van der Waals surface area contributed by atoms with E-state index in [1.54, 1.807) is 25.1 Å². The Labute approximate surface area is 144 Å². The lowest BCUT2D eigenvalue weighted by Crippen LogP contribution is -2.27. The van der Waals surface area contributed by atoms with Crippen LogP contribution in [0.1, 0.15) is 28.9 Å². The topological polar surface area (TPSA) is 90.7 Å². The number of carbonyl (C=O) groups is 2. The molecule has 2 aromatic carbocycles. The van der Waals surface area contributed by atoms with Crippen molar-refractivity contribution in [2.75, 3.05) is 13.7 Å². The highest BCUT2D eigenvalue weighted by Gasteiger charge is 2.16. The Bertz CT molecular complexity index is 779. The van der Waals surface area contributed by atoms with Crippen LogP contribution >= 0.6 is 0 Å². The fourth-order valence-electron chi connectivity index (χ4n) is 2.26. The zero-order valence-corrected chi connectivity index (χ0v) is 13.9. The number of ether oxygens (including phenoxy) is 2. The molecule has 2 rings (SSSR count). The molecule has 0 aliphatic rings. The van der Waals surface area contributed by atoms with E-state index in [1.807, 2.05) is 0 Å². The minimum Gasteiger partial charge on any atom is -0.493 e. The average Bonchev–Trinajstić information content (AvgIpc) is 2.59. The van der Waals surface area contributed by atoms with Gasteiger partial charge in [0.1, 0.15) is 5.82 Å². The lowest BCUT2D eigenvalue weighted by Gasteiger charge is -2.16. The van der Waals surface area contributed by atoms with Crippen LogP contribution in [-0.2, 0) is 4.79 Å². The second-order valence-electron chi connectivity index (χ2n) is 5.34. The molecule has 132 valence electrons. The van der Waals surface area contributed by atoms with E-state index in [-0.39, 0.29) is 18.2 Å². The van der Waals surface area contributed by atoms with E-state index in [0.717, 1.165) is 0 Å². The number of amides is 2. The van der Waals surface area contributed by atoms with Crippen molar-refractivity contribution in [3.63, 3.8) is 0 Å². The van der Waals surface area contributed by atoms with Crippen molar-refractivity contribution in [1.82, 2.24) is 5.32 Å². The van der Waals surface area contributed by atoms with Crippen LogP contribution in [0.4, 0.5) is 4.39 Å². The van der Waals surface area contributed by atoms with Gasteiger partial charge in [-0.2, -0.15) is 0 Å². The summed E-state index contributed by atoms with van der Waals surface area (Å²) in [6.45, 7) is 1.39. The molecule has 0 saturated heterocycles. The highest BCUT2D eigenvalue weighted by atomic mass is 19.1. The largest absolute Gasteiger partial charge is 0.493 e. The normalized spacial score (nSPS) is 11.5. The van der Waals surface area contributed by atoms with E-state index < -0.39 is 17.9 Å². The van der Waals surface area contributed by atoms with Crippen molar-refractivity contribution in [3.05, 3.63) is 59.4 Å². The summed E-state index contributed by atoms with van der Waals surface area (Å²) in [4.78, 5) is 23.2. The third-order valence-electron chi connectivity index (χ3n) is 3.52. The van der Waals surface area contributed by atoms with Crippen LogP contribution in [0.2, 0.25) is 0 Å². The van der Waals surface area contributed by atoms with Gasteiger partial charge in [-0.25, -0.2) is 4.39 Å². The molecule has 0 unspecified atom stereocenters. The van der Waals surface area contributed by atoms with Crippen molar-refractivity contribution in [3.8, 4) is 11.5 Å². The van der Waals surface area contributed by atoms with Gasteiger partial charge in [-0.15, -0.1) is 0 Å². The summed E-state index contributed by atoms with van der Waals surface area (Å²) < 4.78 is 24.2. The van der Waals surface area contributed by atoms with Gasteiger partial charge in [0.15, 0.2) is 18.1 Å². The smallest absolute Gasteiger partial charge is 0.255 e. The Morgan fingerprint density at radius 1 is 1.20 bits per heavy atom. The fraction of sp³-hybridized carbons (Fsp3) is 0.222. The van der Waals surface area contributed by atoms with Crippen LogP contribution in [0.25, 0.3) is 0 Å². The van der Waals surface area contributed by atoms with Crippen LogP contribution in [0.5, 0.6) is 11.5 Å². The molecule has 0 aliphatic heterocycles. The predicted octanol–water partition coefficient (Wildman–Crippen LogP) is 2.19. The number of methoxy groups -OCH3 is 1. The first kappa shape index (κ1) is 18.3. The van der Waals surface area contributed by atoms with Gasteiger partial charge >= 0.3 is 0 Å². The third-order valence-corrected chi connectivity index (χ3v) is 3.52. The number of rotatable bonds is 7. The molecule has 6 nitrogen and oxygen atoms in total. The lowest BCUT2D eigenvalue weighted by atomic mass is 10.1. The Hall–Kier alpha value is -3.09. The molecule has 0 radical (unpaired) electrons. The summed E-state index contributed by atoms with van der Waals surface area (Å²) in [6, 6.07) is 10.2. The van der Waals surface area contributed by atoms with Gasteiger partial charge in [-0.1, -0.05) is 18.2 Å². The van der Waals surface area contributed by atoms with Crippen molar-refractivity contribution in [1.29, 1.82) is 0 Å². The summed E-state index contributed by atoms with van der Waals surface area (Å²) in [6.07, 6.45) is 0. The fourth-order valence-corrected chi connectivity index (χ4v) is 2.26. The SMILES string of the molecule is COc1cc(C(=O)N[C@H](C)c2ccccc2F)ccc1OCC(N)=O. The molecule has 25 heavy (non-hydrogen) atoms. The van der Waals surface area contributed by atoms with Gasteiger partial charge in [0, 0.05) is 11.1 Å². The number of benzene rings is 2. The molecule has 0 fully saturated rings. The molecular formula is C18H19FN2O4. The van der Waals surface area contributed by atoms with Crippen molar-refractivity contribution in [2.45, 2.75) is 13.0 Å². The first-order chi connectivity index (χ1) is 11.9. The highest BCUT2D eigenvalue weighted by Crippen LogP contribution is 2.28. The minimum absolute atomic E-state index is 0.285. The van der Waals surface area contributed by atoms with Crippen molar-refractivity contribution in [2.24, 2.45) is 5.73 Å². The van der Waals surface area contributed by atoms with E-state index in [4.69, 9.17) is 15.2 Å². The number of nitrogens with two attached hydrogens (primary N) is 1. The second kappa shape index (κ2) is 8.14. The first-order valence-electron chi connectivity index (χ1n) is 7.56. The molecule has 0 aliphatic carbocycles. The molecule has 0 heterocycles. The van der Waals surface area contributed by atoms with E-state index in [0.29, 0.717) is 16.9 Å². The molecule has 0 saturated carbocycles. The second-order valence-corrected chi connectivity index (χ2v) is 5.34. The highest BCUT2D eigenvalue weighted by molar-refractivity contribution is 5.95. The maximum absolute atomic E-state index is 13.8. The molecule has 2 amide bonds.